The standard InChI is InChI=1S/C10H10N2O3.C9H11NO3/c1-5(9(13)14)6-2-3-7-8(4-6)15-10(11)12-7;1-5(9(12)13)6-2-3-7(10)8(11)4-6/h2-5H,1H3,(H2,11,12)(H,13,14);2-5,11H,10H2,1H3,(H,12,13). The number of nitrogens with zero attached hydrogens (tertiary/aromatic N) is 1. The van der Waals surface area contributed by atoms with Crippen molar-refractivity contribution < 1.29 is 29.3 Å². The van der Waals surface area contributed by atoms with E-state index in [1.54, 1.807) is 38.1 Å². The van der Waals surface area contributed by atoms with Gasteiger partial charge in [0, 0.05) is 0 Å². The van der Waals surface area contributed by atoms with Crippen molar-refractivity contribution in [3.05, 3.63) is 47.5 Å². The molecule has 0 aliphatic rings. The van der Waals surface area contributed by atoms with Crippen molar-refractivity contribution in [2.45, 2.75) is 25.7 Å². The number of nitrogen functional groups attached to an aromatic ring is 2. The Morgan fingerprint density at radius 1 is 0.964 bits per heavy atom. The van der Waals surface area contributed by atoms with Crippen LogP contribution in [0.1, 0.15) is 36.8 Å². The van der Waals surface area contributed by atoms with Crippen molar-refractivity contribution in [3.8, 4) is 5.75 Å². The molecule has 2 aromatic carbocycles. The molecule has 0 saturated carbocycles. The summed E-state index contributed by atoms with van der Waals surface area (Å²) in [6, 6.07) is 9.60. The zero-order valence-corrected chi connectivity index (χ0v) is 15.3. The summed E-state index contributed by atoms with van der Waals surface area (Å²) in [4.78, 5) is 25.3. The molecule has 148 valence electrons. The average Bonchev–Trinajstić information content (AvgIpc) is 3.02. The van der Waals surface area contributed by atoms with E-state index in [9.17, 15) is 14.7 Å². The Labute approximate surface area is 160 Å². The summed E-state index contributed by atoms with van der Waals surface area (Å²) in [5.74, 6) is -3.08. The van der Waals surface area contributed by atoms with Gasteiger partial charge in [0.15, 0.2) is 5.58 Å². The molecule has 0 spiro atoms. The minimum atomic E-state index is -0.927. The highest BCUT2D eigenvalue weighted by Crippen LogP contribution is 2.25. The number of aromatic hydroxyl groups is 1. The van der Waals surface area contributed by atoms with Crippen molar-refractivity contribution in [1.29, 1.82) is 0 Å². The number of aromatic nitrogens is 1. The molecular weight excluding hydrogens is 366 g/mol. The van der Waals surface area contributed by atoms with Gasteiger partial charge in [-0.25, -0.2) is 0 Å². The third kappa shape index (κ3) is 4.70. The molecule has 28 heavy (non-hydrogen) atoms. The number of carboxylic acid groups (broad SMARTS) is 2. The molecule has 1 heterocycles. The van der Waals surface area contributed by atoms with E-state index in [2.05, 4.69) is 4.98 Å². The fraction of sp³-hybridized carbons (Fsp3) is 0.211. The SMILES string of the molecule is CC(C(=O)O)c1ccc(N)c(O)c1.CC(C(=O)O)c1ccc2nc(N)oc2c1. The molecule has 2 unspecified atom stereocenters. The van der Waals surface area contributed by atoms with Crippen LogP contribution in [-0.4, -0.2) is 32.2 Å². The lowest BCUT2D eigenvalue weighted by atomic mass is 10.0. The molecule has 3 aromatic rings. The van der Waals surface area contributed by atoms with Crippen LogP contribution in [0.5, 0.6) is 5.75 Å². The first-order valence-corrected chi connectivity index (χ1v) is 8.30. The minimum absolute atomic E-state index is 0.0781. The number of benzene rings is 2. The van der Waals surface area contributed by atoms with Gasteiger partial charge in [-0.1, -0.05) is 12.1 Å². The van der Waals surface area contributed by atoms with Crippen molar-refractivity contribution in [1.82, 2.24) is 4.98 Å². The Morgan fingerprint density at radius 3 is 2.04 bits per heavy atom. The number of carbonyl (C=O) groups is 2. The van der Waals surface area contributed by atoms with Gasteiger partial charge in [-0.15, -0.1) is 0 Å². The first-order chi connectivity index (χ1) is 13.1. The second-order valence-electron chi connectivity index (χ2n) is 6.22. The molecule has 9 nitrogen and oxygen atoms in total. The van der Waals surface area contributed by atoms with Crippen molar-refractivity contribution >= 4 is 34.7 Å². The minimum Gasteiger partial charge on any atom is -0.506 e. The number of anilines is 2. The number of phenols is 1. The fourth-order valence-electron chi connectivity index (χ4n) is 2.34. The molecule has 0 aliphatic heterocycles. The molecule has 0 fully saturated rings. The monoisotopic (exact) mass is 387 g/mol. The van der Waals surface area contributed by atoms with Gasteiger partial charge in [0.1, 0.15) is 11.3 Å². The van der Waals surface area contributed by atoms with Crippen LogP contribution >= 0.6 is 0 Å². The second kappa shape index (κ2) is 8.30. The number of carboxylic acids is 2. The Kier molecular flexibility index (Phi) is 6.09. The Morgan fingerprint density at radius 2 is 1.50 bits per heavy atom. The average molecular weight is 387 g/mol. The van der Waals surface area contributed by atoms with Crippen molar-refractivity contribution in [3.63, 3.8) is 0 Å². The summed E-state index contributed by atoms with van der Waals surface area (Å²) in [6.07, 6.45) is 0. The zero-order chi connectivity index (χ0) is 21.0. The highest BCUT2D eigenvalue weighted by atomic mass is 16.4. The van der Waals surface area contributed by atoms with Gasteiger partial charge in [-0.2, -0.15) is 4.98 Å². The summed E-state index contributed by atoms with van der Waals surface area (Å²) in [5, 5.41) is 26.7. The van der Waals surface area contributed by atoms with Crippen LogP contribution in [0.15, 0.2) is 40.8 Å². The number of hydrogen-bond acceptors (Lipinski definition) is 7. The third-order valence-electron chi connectivity index (χ3n) is 4.22. The number of nitrogens with two attached hydrogens (primary N) is 2. The van der Waals surface area contributed by atoms with Gasteiger partial charge in [-0.05, 0) is 49.2 Å². The molecule has 2 atom stereocenters. The van der Waals surface area contributed by atoms with E-state index in [1.165, 1.54) is 12.1 Å². The summed E-state index contributed by atoms with van der Waals surface area (Å²) in [5.41, 5.74) is 13.4. The maximum Gasteiger partial charge on any atom is 0.310 e. The maximum atomic E-state index is 10.8. The summed E-state index contributed by atoms with van der Waals surface area (Å²) < 4.78 is 5.11. The van der Waals surface area contributed by atoms with E-state index >= 15 is 0 Å². The summed E-state index contributed by atoms with van der Waals surface area (Å²) >= 11 is 0. The normalized spacial score (nSPS) is 12.6. The molecule has 0 amide bonds. The van der Waals surface area contributed by atoms with Gasteiger partial charge in [0.2, 0.25) is 0 Å². The molecule has 0 radical (unpaired) electrons. The van der Waals surface area contributed by atoms with Crippen LogP contribution in [0, 0.1) is 0 Å². The van der Waals surface area contributed by atoms with Gasteiger partial charge >= 0.3 is 11.9 Å². The summed E-state index contributed by atoms with van der Waals surface area (Å²) in [7, 11) is 0. The number of fused-ring (bicyclic) bond motifs is 1. The van der Waals surface area contributed by atoms with Gasteiger partial charge in [0.05, 0.1) is 17.5 Å². The van der Waals surface area contributed by atoms with Gasteiger partial charge in [0.25, 0.3) is 6.01 Å². The summed E-state index contributed by atoms with van der Waals surface area (Å²) in [6.45, 7) is 3.16. The smallest absolute Gasteiger partial charge is 0.310 e. The van der Waals surface area contributed by atoms with Crippen molar-refractivity contribution in [2.75, 3.05) is 11.5 Å². The lowest BCUT2D eigenvalue weighted by Crippen LogP contribution is -2.07. The lowest BCUT2D eigenvalue weighted by molar-refractivity contribution is -0.139. The van der Waals surface area contributed by atoms with Crippen LogP contribution in [0.2, 0.25) is 0 Å². The molecule has 1 aromatic heterocycles. The fourth-order valence-corrected chi connectivity index (χ4v) is 2.34. The second-order valence-corrected chi connectivity index (χ2v) is 6.22. The number of phenolic OH excluding ortho intramolecular Hbond substituents is 1. The van der Waals surface area contributed by atoms with Crippen LogP contribution in [0.3, 0.4) is 0 Å². The number of oxazole rings is 1. The first kappa shape index (κ1) is 20.6. The van der Waals surface area contributed by atoms with Gasteiger partial charge < -0.3 is 31.2 Å². The zero-order valence-electron chi connectivity index (χ0n) is 15.3. The van der Waals surface area contributed by atoms with Gasteiger partial charge in [-0.3, -0.25) is 9.59 Å². The topological polar surface area (TPSA) is 173 Å². The highest BCUT2D eigenvalue weighted by molar-refractivity contribution is 5.80. The van der Waals surface area contributed by atoms with E-state index in [0.29, 0.717) is 22.2 Å². The molecule has 0 aliphatic carbocycles. The van der Waals surface area contributed by atoms with E-state index in [-0.39, 0.29) is 17.5 Å². The molecule has 9 heteroatoms. The maximum absolute atomic E-state index is 10.8. The predicted octanol–water partition coefficient (Wildman–Crippen LogP) is 2.76. The molecule has 3 rings (SSSR count). The molecule has 0 bridgehead atoms. The van der Waals surface area contributed by atoms with Crippen LogP contribution in [-0.2, 0) is 9.59 Å². The quantitative estimate of drug-likeness (QED) is 0.333. The first-order valence-electron chi connectivity index (χ1n) is 8.30. The molecular formula is C19H21N3O6. The number of hydrogen-bond donors (Lipinski definition) is 5. The van der Waals surface area contributed by atoms with E-state index in [4.69, 9.17) is 26.1 Å². The van der Waals surface area contributed by atoms with Crippen LogP contribution in [0.25, 0.3) is 11.1 Å². The van der Waals surface area contributed by atoms with E-state index in [1.807, 2.05) is 0 Å². The van der Waals surface area contributed by atoms with E-state index < -0.39 is 23.8 Å². The Bertz CT molecular complexity index is 1010. The predicted molar refractivity (Wildman–Crippen MR) is 103 cm³/mol. The Hall–Kier alpha value is -3.75. The highest BCUT2D eigenvalue weighted by Gasteiger charge is 2.15. The molecule has 0 saturated heterocycles. The number of aliphatic carboxylic acids is 2. The van der Waals surface area contributed by atoms with E-state index in [0.717, 1.165) is 0 Å². The van der Waals surface area contributed by atoms with Crippen LogP contribution < -0.4 is 11.5 Å². The lowest BCUT2D eigenvalue weighted by Gasteiger charge is -2.07. The van der Waals surface area contributed by atoms with Crippen LogP contribution in [0.4, 0.5) is 11.7 Å². The third-order valence-corrected chi connectivity index (χ3v) is 4.22. The van der Waals surface area contributed by atoms with Crippen molar-refractivity contribution in [2.24, 2.45) is 0 Å². The largest absolute Gasteiger partial charge is 0.506 e. The molecule has 7 N–H and O–H groups in total. The number of rotatable bonds is 4. The Balaban J connectivity index is 0.000000203.